The first-order valence-corrected chi connectivity index (χ1v) is 7.21. The lowest BCUT2D eigenvalue weighted by atomic mass is 10.2. The summed E-state index contributed by atoms with van der Waals surface area (Å²) >= 11 is 1.74. The largest absolute Gasteiger partial charge is 0.370 e. The molecule has 1 aliphatic heterocycles. The standard InChI is InChI=1S/C14H16N2OS/c1-2-4-12(5-3-1)14-15-13(11-18-14)10-16-6-8-17-9-7-16/h1-5,11H,6-10H2/p+1. The predicted octanol–water partition coefficient (Wildman–Crippen LogP) is 1.23. The Morgan fingerprint density at radius 1 is 1.17 bits per heavy atom. The first-order chi connectivity index (χ1) is 8.92. The molecule has 2 aromatic rings. The molecule has 0 bridgehead atoms. The van der Waals surface area contributed by atoms with Crippen LogP contribution in [0.25, 0.3) is 10.6 Å². The highest BCUT2D eigenvalue weighted by Gasteiger charge is 2.16. The van der Waals surface area contributed by atoms with Crippen molar-refractivity contribution in [2.75, 3.05) is 26.3 Å². The van der Waals surface area contributed by atoms with Crippen LogP contribution in [0.4, 0.5) is 0 Å². The second-order valence-corrected chi connectivity index (χ2v) is 5.41. The van der Waals surface area contributed by atoms with Gasteiger partial charge in [-0.05, 0) is 0 Å². The third-order valence-corrected chi connectivity index (χ3v) is 4.14. The van der Waals surface area contributed by atoms with E-state index in [1.54, 1.807) is 16.2 Å². The Labute approximate surface area is 111 Å². The number of benzene rings is 1. The highest BCUT2D eigenvalue weighted by Crippen LogP contribution is 2.22. The van der Waals surface area contributed by atoms with Gasteiger partial charge in [0.2, 0.25) is 0 Å². The Balaban J connectivity index is 1.69. The van der Waals surface area contributed by atoms with Crippen molar-refractivity contribution >= 4 is 11.3 Å². The smallest absolute Gasteiger partial charge is 0.123 e. The summed E-state index contributed by atoms with van der Waals surface area (Å²) in [7, 11) is 0. The Morgan fingerprint density at radius 2 is 1.94 bits per heavy atom. The minimum Gasteiger partial charge on any atom is -0.370 e. The van der Waals surface area contributed by atoms with Crippen molar-refractivity contribution < 1.29 is 9.64 Å². The summed E-state index contributed by atoms with van der Waals surface area (Å²) in [6, 6.07) is 10.4. The topological polar surface area (TPSA) is 26.6 Å². The highest BCUT2D eigenvalue weighted by atomic mass is 32.1. The lowest BCUT2D eigenvalue weighted by molar-refractivity contribution is -0.921. The van der Waals surface area contributed by atoms with Gasteiger partial charge < -0.3 is 9.64 Å². The number of ether oxygens (including phenoxy) is 1. The summed E-state index contributed by atoms with van der Waals surface area (Å²) in [4.78, 5) is 6.31. The SMILES string of the molecule is c1ccc(-c2nc(C[NH+]3CCOCC3)cs2)cc1. The number of aromatic nitrogens is 1. The number of nitrogens with one attached hydrogen (secondary N) is 1. The van der Waals surface area contributed by atoms with E-state index >= 15 is 0 Å². The van der Waals surface area contributed by atoms with Gasteiger partial charge in [-0.3, -0.25) is 0 Å². The molecule has 1 fully saturated rings. The van der Waals surface area contributed by atoms with Crippen LogP contribution < -0.4 is 4.90 Å². The van der Waals surface area contributed by atoms with E-state index in [9.17, 15) is 0 Å². The molecule has 4 heteroatoms. The van der Waals surface area contributed by atoms with Crippen molar-refractivity contribution in [3.63, 3.8) is 0 Å². The summed E-state index contributed by atoms with van der Waals surface area (Å²) in [6.45, 7) is 4.97. The molecule has 1 aromatic heterocycles. The van der Waals surface area contributed by atoms with Crippen LogP contribution in [0.3, 0.4) is 0 Å². The fourth-order valence-electron chi connectivity index (χ4n) is 2.19. The molecule has 3 nitrogen and oxygen atoms in total. The number of morpholine rings is 1. The second kappa shape index (κ2) is 5.61. The first-order valence-electron chi connectivity index (χ1n) is 6.33. The summed E-state index contributed by atoms with van der Waals surface area (Å²) in [6.07, 6.45) is 0. The van der Waals surface area contributed by atoms with Crippen LogP contribution in [0, 0.1) is 0 Å². The minimum atomic E-state index is 0.880. The zero-order valence-electron chi connectivity index (χ0n) is 10.3. The van der Waals surface area contributed by atoms with E-state index < -0.39 is 0 Å². The lowest BCUT2D eigenvalue weighted by Crippen LogP contribution is -3.12. The van der Waals surface area contributed by atoms with Gasteiger partial charge in [0.15, 0.2) is 0 Å². The molecule has 18 heavy (non-hydrogen) atoms. The summed E-state index contributed by atoms with van der Waals surface area (Å²) < 4.78 is 5.37. The Bertz CT molecular complexity index is 492. The van der Waals surface area contributed by atoms with E-state index in [2.05, 4.69) is 29.6 Å². The summed E-state index contributed by atoms with van der Waals surface area (Å²) in [5, 5.41) is 3.31. The van der Waals surface area contributed by atoms with E-state index in [0.717, 1.165) is 37.9 Å². The molecule has 0 spiro atoms. The van der Waals surface area contributed by atoms with Crippen LogP contribution in [-0.2, 0) is 11.3 Å². The maximum Gasteiger partial charge on any atom is 0.123 e. The highest BCUT2D eigenvalue weighted by molar-refractivity contribution is 7.13. The van der Waals surface area contributed by atoms with E-state index in [0.29, 0.717) is 0 Å². The van der Waals surface area contributed by atoms with Gasteiger partial charge in [0.25, 0.3) is 0 Å². The minimum absolute atomic E-state index is 0.880. The molecule has 94 valence electrons. The van der Waals surface area contributed by atoms with Gasteiger partial charge in [-0.25, -0.2) is 4.98 Å². The van der Waals surface area contributed by atoms with E-state index in [1.165, 1.54) is 11.3 Å². The molecular formula is C14H17N2OS+. The first kappa shape index (κ1) is 11.8. The summed E-state index contributed by atoms with van der Waals surface area (Å²) in [5.41, 5.74) is 2.42. The second-order valence-electron chi connectivity index (χ2n) is 4.55. The Morgan fingerprint density at radius 3 is 2.72 bits per heavy atom. The number of thiazole rings is 1. The molecule has 2 heterocycles. The van der Waals surface area contributed by atoms with Gasteiger partial charge in [-0.2, -0.15) is 0 Å². The van der Waals surface area contributed by atoms with Crippen LogP contribution in [0.15, 0.2) is 35.7 Å². The summed E-state index contributed by atoms with van der Waals surface area (Å²) in [5.74, 6) is 0. The number of rotatable bonds is 3. The van der Waals surface area contributed by atoms with Crippen molar-refractivity contribution in [2.24, 2.45) is 0 Å². The third kappa shape index (κ3) is 2.77. The van der Waals surface area contributed by atoms with Crippen molar-refractivity contribution in [2.45, 2.75) is 6.54 Å². The molecule has 0 atom stereocenters. The molecule has 0 aliphatic carbocycles. The molecule has 1 saturated heterocycles. The molecule has 3 rings (SSSR count). The zero-order valence-corrected chi connectivity index (χ0v) is 11.1. The monoisotopic (exact) mass is 261 g/mol. The van der Waals surface area contributed by atoms with E-state index in [1.807, 2.05) is 6.07 Å². The lowest BCUT2D eigenvalue weighted by Gasteiger charge is -2.22. The van der Waals surface area contributed by atoms with Crippen LogP contribution >= 0.6 is 11.3 Å². The van der Waals surface area contributed by atoms with Crippen LogP contribution in [0.2, 0.25) is 0 Å². The normalized spacial score (nSPS) is 16.9. The number of hydrogen-bond acceptors (Lipinski definition) is 3. The number of hydrogen-bond donors (Lipinski definition) is 1. The van der Waals surface area contributed by atoms with Crippen molar-refractivity contribution in [3.05, 3.63) is 41.4 Å². The molecule has 0 radical (unpaired) electrons. The zero-order chi connectivity index (χ0) is 12.2. The van der Waals surface area contributed by atoms with Gasteiger partial charge in [0, 0.05) is 10.9 Å². The van der Waals surface area contributed by atoms with Gasteiger partial charge in [-0.1, -0.05) is 30.3 Å². The molecule has 0 saturated carbocycles. The molecule has 0 amide bonds. The molecule has 1 aromatic carbocycles. The van der Waals surface area contributed by atoms with Gasteiger partial charge in [-0.15, -0.1) is 11.3 Å². The quantitative estimate of drug-likeness (QED) is 0.899. The van der Waals surface area contributed by atoms with Crippen molar-refractivity contribution in [3.8, 4) is 10.6 Å². The van der Waals surface area contributed by atoms with Crippen LogP contribution in [0.5, 0.6) is 0 Å². The fraction of sp³-hybridized carbons (Fsp3) is 0.357. The van der Waals surface area contributed by atoms with Crippen molar-refractivity contribution in [1.82, 2.24) is 4.98 Å². The third-order valence-electron chi connectivity index (χ3n) is 3.20. The Hall–Kier alpha value is -1.23. The maximum absolute atomic E-state index is 5.37. The van der Waals surface area contributed by atoms with Crippen LogP contribution in [-0.4, -0.2) is 31.3 Å². The molecule has 1 aliphatic rings. The fourth-order valence-corrected chi connectivity index (χ4v) is 3.02. The van der Waals surface area contributed by atoms with E-state index in [-0.39, 0.29) is 0 Å². The number of quaternary nitrogens is 1. The molecule has 1 N–H and O–H groups in total. The molecular weight excluding hydrogens is 244 g/mol. The molecule has 0 unspecified atom stereocenters. The van der Waals surface area contributed by atoms with Crippen molar-refractivity contribution in [1.29, 1.82) is 0 Å². The van der Waals surface area contributed by atoms with Gasteiger partial charge >= 0.3 is 0 Å². The average Bonchev–Trinajstić information content (AvgIpc) is 2.89. The van der Waals surface area contributed by atoms with E-state index in [4.69, 9.17) is 9.72 Å². The van der Waals surface area contributed by atoms with Gasteiger partial charge in [0.1, 0.15) is 30.3 Å². The number of nitrogens with zero attached hydrogens (tertiary/aromatic N) is 1. The van der Waals surface area contributed by atoms with Crippen LogP contribution in [0.1, 0.15) is 5.69 Å². The van der Waals surface area contributed by atoms with Gasteiger partial charge in [0.05, 0.1) is 13.2 Å². The maximum atomic E-state index is 5.37. The predicted molar refractivity (Wildman–Crippen MR) is 72.8 cm³/mol. The Kier molecular flexibility index (Phi) is 3.69. The average molecular weight is 261 g/mol.